The Morgan fingerprint density at radius 3 is 3.00 bits per heavy atom. The predicted molar refractivity (Wildman–Crippen MR) is 67.2 cm³/mol. The Labute approximate surface area is 111 Å². The van der Waals surface area contributed by atoms with E-state index in [1.165, 1.54) is 12.1 Å². The minimum Gasteiger partial charge on any atom is -0.493 e. The molecule has 1 atom stereocenters. The van der Waals surface area contributed by atoms with E-state index in [1.807, 2.05) is 0 Å². The fraction of sp³-hybridized carbons (Fsp3) is 0.417. The van der Waals surface area contributed by atoms with E-state index >= 15 is 0 Å². The summed E-state index contributed by atoms with van der Waals surface area (Å²) in [7, 11) is 0. The summed E-state index contributed by atoms with van der Waals surface area (Å²) in [6.45, 7) is 2.47. The van der Waals surface area contributed by atoms with E-state index in [0.717, 1.165) is 5.56 Å². The van der Waals surface area contributed by atoms with Crippen LogP contribution in [0.1, 0.15) is 24.2 Å². The Hall–Kier alpha value is -1.33. The average Bonchev–Trinajstić information content (AvgIpc) is 2.75. The number of halogens is 2. The molecule has 100 valence electrons. The summed E-state index contributed by atoms with van der Waals surface area (Å²) in [5.74, 6) is -0.258. The molecule has 6 heteroatoms. The van der Waals surface area contributed by atoms with Gasteiger partial charge in [0.2, 0.25) is 5.90 Å². The van der Waals surface area contributed by atoms with E-state index < -0.39 is 11.9 Å². The largest absolute Gasteiger partial charge is 0.493 e. The molecule has 1 aliphatic rings. The zero-order valence-corrected chi connectivity index (χ0v) is 10.7. The van der Waals surface area contributed by atoms with Crippen molar-refractivity contribution in [1.82, 2.24) is 0 Å². The SMILES string of the molecule is CCOC(=N)C(O)c1cc(F)cc2c1OCC2.Cl. The van der Waals surface area contributed by atoms with Crippen LogP contribution in [0.3, 0.4) is 0 Å². The van der Waals surface area contributed by atoms with Crippen LogP contribution in [-0.2, 0) is 11.2 Å². The number of hydrogen-bond acceptors (Lipinski definition) is 4. The first-order valence-corrected chi connectivity index (χ1v) is 5.48. The molecule has 4 nitrogen and oxygen atoms in total. The maximum atomic E-state index is 13.4. The Bertz CT molecular complexity index is 453. The quantitative estimate of drug-likeness (QED) is 0.657. The monoisotopic (exact) mass is 275 g/mol. The molecule has 0 spiro atoms. The average molecular weight is 276 g/mol. The van der Waals surface area contributed by atoms with Crippen molar-refractivity contribution < 1.29 is 19.0 Å². The van der Waals surface area contributed by atoms with Crippen LogP contribution in [0.25, 0.3) is 0 Å². The van der Waals surface area contributed by atoms with Crippen LogP contribution >= 0.6 is 12.4 Å². The molecule has 1 unspecified atom stereocenters. The van der Waals surface area contributed by atoms with E-state index in [4.69, 9.17) is 14.9 Å². The minimum atomic E-state index is -1.28. The van der Waals surface area contributed by atoms with E-state index in [1.54, 1.807) is 6.92 Å². The molecule has 0 saturated heterocycles. The van der Waals surface area contributed by atoms with Crippen LogP contribution in [0.15, 0.2) is 12.1 Å². The Morgan fingerprint density at radius 1 is 1.61 bits per heavy atom. The fourth-order valence-corrected chi connectivity index (χ4v) is 1.88. The first kappa shape index (κ1) is 14.7. The lowest BCUT2D eigenvalue weighted by molar-refractivity contribution is 0.186. The summed E-state index contributed by atoms with van der Waals surface area (Å²) in [5.41, 5.74) is 0.985. The molecule has 0 saturated carbocycles. The predicted octanol–water partition coefficient (Wildman–Crippen LogP) is 2.23. The molecule has 2 rings (SSSR count). The van der Waals surface area contributed by atoms with E-state index in [2.05, 4.69) is 0 Å². The summed E-state index contributed by atoms with van der Waals surface area (Å²) in [5, 5.41) is 17.4. The van der Waals surface area contributed by atoms with Crippen molar-refractivity contribution in [3.63, 3.8) is 0 Å². The highest BCUT2D eigenvalue weighted by molar-refractivity contribution is 5.85. The highest BCUT2D eigenvalue weighted by Crippen LogP contribution is 2.35. The molecule has 0 radical (unpaired) electrons. The van der Waals surface area contributed by atoms with Gasteiger partial charge >= 0.3 is 0 Å². The molecular formula is C12H15ClFNO3. The van der Waals surface area contributed by atoms with Gasteiger partial charge in [-0.1, -0.05) is 0 Å². The van der Waals surface area contributed by atoms with Crippen molar-refractivity contribution in [2.45, 2.75) is 19.4 Å². The second kappa shape index (κ2) is 6.02. The van der Waals surface area contributed by atoms with Gasteiger partial charge in [0.25, 0.3) is 0 Å². The maximum absolute atomic E-state index is 13.4. The van der Waals surface area contributed by atoms with Gasteiger partial charge in [0.1, 0.15) is 11.6 Å². The molecule has 1 aromatic carbocycles. The third-order valence-electron chi connectivity index (χ3n) is 2.62. The van der Waals surface area contributed by atoms with E-state index in [9.17, 15) is 9.50 Å². The van der Waals surface area contributed by atoms with E-state index in [-0.39, 0.29) is 30.5 Å². The van der Waals surface area contributed by atoms with Crippen LogP contribution in [0.5, 0.6) is 5.75 Å². The Kier molecular flexibility index (Phi) is 4.93. The van der Waals surface area contributed by atoms with Crippen LogP contribution in [0, 0.1) is 11.2 Å². The van der Waals surface area contributed by atoms with Crippen molar-refractivity contribution >= 4 is 18.3 Å². The smallest absolute Gasteiger partial charge is 0.215 e. The van der Waals surface area contributed by atoms with Crippen molar-refractivity contribution in [1.29, 1.82) is 5.41 Å². The van der Waals surface area contributed by atoms with Gasteiger partial charge in [0, 0.05) is 17.5 Å². The van der Waals surface area contributed by atoms with Crippen LogP contribution < -0.4 is 4.74 Å². The van der Waals surface area contributed by atoms with Gasteiger partial charge in [-0.3, -0.25) is 5.41 Å². The number of benzene rings is 1. The van der Waals surface area contributed by atoms with Crippen LogP contribution in [-0.4, -0.2) is 24.2 Å². The number of fused-ring (bicyclic) bond motifs is 1. The summed E-state index contributed by atoms with van der Waals surface area (Å²) in [6, 6.07) is 2.57. The summed E-state index contributed by atoms with van der Waals surface area (Å²) >= 11 is 0. The minimum absolute atomic E-state index is 0. The summed E-state index contributed by atoms with van der Waals surface area (Å²) < 4.78 is 23.6. The first-order chi connectivity index (χ1) is 8.13. The zero-order valence-electron chi connectivity index (χ0n) is 9.90. The van der Waals surface area contributed by atoms with Gasteiger partial charge in [-0.25, -0.2) is 4.39 Å². The lowest BCUT2D eigenvalue weighted by Gasteiger charge is -2.15. The van der Waals surface area contributed by atoms with Crippen molar-refractivity contribution in [2.75, 3.05) is 13.2 Å². The Balaban J connectivity index is 0.00000162. The van der Waals surface area contributed by atoms with Gasteiger partial charge in [-0.2, -0.15) is 0 Å². The number of hydrogen-bond donors (Lipinski definition) is 2. The molecule has 0 aromatic heterocycles. The molecule has 0 aliphatic carbocycles. The highest BCUT2D eigenvalue weighted by atomic mass is 35.5. The van der Waals surface area contributed by atoms with E-state index in [0.29, 0.717) is 18.8 Å². The lowest BCUT2D eigenvalue weighted by Crippen LogP contribution is -2.15. The first-order valence-electron chi connectivity index (χ1n) is 5.48. The number of aliphatic hydroxyl groups excluding tert-OH is 1. The molecule has 0 amide bonds. The Morgan fingerprint density at radius 2 is 2.33 bits per heavy atom. The second-order valence-corrected chi connectivity index (χ2v) is 3.78. The summed E-state index contributed by atoms with van der Waals surface area (Å²) in [4.78, 5) is 0. The molecular weight excluding hydrogens is 261 g/mol. The molecule has 0 bridgehead atoms. The molecule has 0 fully saturated rings. The maximum Gasteiger partial charge on any atom is 0.215 e. The van der Waals surface area contributed by atoms with Crippen LogP contribution in [0.4, 0.5) is 4.39 Å². The third kappa shape index (κ3) is 2.73. The fourth-order valence-electron chi connectivity index (χ4n) is 1.88. The molecule has 1 aromatic rings. The van der Waals surface area contributed by atoms with Crippen molar-refractivity contribution in [3.8, 4) is 5.75 Å². The summed E-state index contributed by atoms with van der Waals surface area (Å²) in [6.07, 6.45) is -0.660. The molecule has 18 heavy (non-hydrogen) atoms. The van der Waals surface area contributed by atoms with Gasteiger partial charge in [0.15, 0.2) is 6.10 Å². The second-order valence-electron chi connectivity index (χ2n) is 3.78. The van der Waals surface area contributed by atoms with Crippen LogP contribution in [0.2, 0.25) is 0 Å². The highest BCUT2D eigenvalue weighted by Gasteiger charge is 2.25. The number of rotatable bonds is 3. The number of ether oxygens (including phenoxy) is 2. The standard InChI is InChI=1S/C12H14FNO3.ClH/c1-2-16-12(14)10(15)9-6-8(13)5-7-3-4-17-11(7)9;/h5-6,10,14-15H,2-4H2,1H3;1H. The molecule has 1 aliphatic heterocycles. The van der Waals surface area contributed by atoms with Gasteiger partial charge in [-0.05, 0) is 19.1 Å². The number of aliphatic hydroxyl groups is 1. The third-order valence-corrected chi connectivity index (χ3v) is 2.62. The molecule has 2 N–H and O–H groups in total. The lowest BCUT2D eigenvalue weighted by atomic mass is 10.0. The van der Waals surface area contributed by atoms with Gasteiger partial charge in [-0.15, -0.1) is 12.4 Å². The number of nitrogens with one attached hydrogen (secondary N) is 1. The zero-order chi connectivity index (χ0) is 12.4. The van der Waals surface area contributed by atoms with Crippen molar-refractivity contribution in [2.24, 2.45) is 0 Å². The van der Waals surface area contributed by atoms with Gasteiger partial charge in [0.05, 0.1) is 13.2 Å². The normalized spacial score (nSPS) is 14.2. The topological polar surface area (TPSA) is 62.5 Å². The van der Waals surface area contributed by atoms with Crippen molar-refractivity contribution in [3.05, 3.63) is 29.1 Å². The molecule has 1 heterocycles. The van der Waals surface area contributed by atoms with Gasteiger partial charge < -0.3 is 14.6 Å².